The fourth-order valence-corrected chi connectivity index (χ4v) is 3.37. The average Bonchev–Trinajstić information content (AvgIpc) is 2.98. The molecule has 1 saturated heterocycles. The molecule has 26 heavy (non-hydrogen) atoms. The van der Waals surface area contributed by atoms with Crippen LogP contribution in [0.3, 0.4) is 0 Å². The van der Waals surface area contributed by atoms with Gasteiger partial charge in [-0.15, -0.1) is 0 Å². The molecule has 4 nitrogen and oxygen atoms in total. The van der Waals surface area contributed by atoms with Crippen molar-refractivity contribution >= 4 is 33.4 Å². The van der Waals surface area contributed by atoms with Crippen molar-refractivity contribution in [2.24, 2.45) is 5.92 Å². The summed E-state index contributed by atoms with van der Waals surface area (Å²) in [7, 11) is 0. The van der Waals surface area contributed by atoms with Crippen LogP contribution in [0.5, 0.6) is 0 Å². The molecule has 0 unspecified atom stereocenters. The highest BCUT2D eigenvalue weighted by Gasteiger charge is 2.34. The maximum absolute atomic E-state index is 12.5. The molecule has 1 heterocycles. The summed E-state index contributed by atoms with van der Waals surface area (Å²) in [5.74, 6) is 0.123. The molecule has 1 aliphatic rings. The zero-order valence-electron chi connectivity index (χ0n) is 15.0. The zero-order valence-corrected chi connectivity index (χ0v) is 16.6. The van der Waals surface area contributed by atoms with Crippen molar-refractivity contribution in [2.75, 3.05) is 11.9 Å². The van der Waals surface area contributed by atoms with E-state index in [1.54, 1.807) is 4.90 Å². The number of amides is 2. The van der Waals surface area contributed by atoms with Crippen molar-refractivity contribution in [1.29, 1.82) is 0 Å². The van der Waals surface area contributed by atoms with Crippen LogP contribution in [0, 0.1) is 5.92 Å². The molecule has 1 aliphatic heterocycles. The van der Waals surface area contributed by atoms with Crippen LogP contribution in [0.25, 0.3) is 0 Å². The SMILES string of the molecule is CC(C)c1ccc(CN2C[C@H](C(=O)Nc3ccc(Br)cc3)CC2=O)cc1. The Hall–Kier alpha value is -2.14. The van der Waals surface area contributed by atoms with Crippen LogP contribution in [0.15, 0.2) is 53.0 Å². The minimum absolute atomic E-state index is 0.0360. The van der Waals surface area contributed by atoms with E-state index in [0.717, 1.165) is 15.7 Å². The summed E-state index contributed by atoms with van der Waals surface area (Å²) in [4.78, 5) is 26.5. The monoisotopic (exact) mass is 414 g/mol. The number of benzene rings is 2. The number of nitrogens with one attached hydrogen (secondary N) is 1. The Kier molecular flexibility index (Phi) is 5.77. The highest BCUT2D eigenvalue weighted by atomic mass is 79.9. The number of carbonyl (C=O) groups is 2. The second-order valence-corrected chi connectivity index (χ2v) is 7.98. The third-order valence-corrected chi connectivity index (χ3v) is 5.25. The van der Waals surface area contributed by atoms with Crippen LogP contribution in [0.4, 0.5) is 5.69 Å². The quantitative estimate of drug-likeness (QED) is 0.779. The normalized spacial score (nSPS) is 17.0. The fourth-order valence-electron chi connectivity index (χ4n) is 3.11. The Labute approximate surface area is 162 Å². The molecule has 1 atom stereocenters. The van der Waals surface area contributed by atoms with Gasteiger partial charge in [0, 0.05) is 29.7 Å². The van der Waals surface area contributed by atoms with E-state index in [2.05, 4.69) is 59.4 Å². The lowest BCUT2D eigenvalue weighted by Crippen LogP contribution is -2.28. The van der Waals surface area contributed by atoms with Gasteiger partial charge in [-0.1, -0.05) is 54.0 Å². The van der Waals surface area contributed by atoms with Gasteiger partial charge in [0.05, 0.1) is 5.92 Å². The van der Waals surface area contributed by atoms with Crippen LogP contribution in [-0.4, -0.2) is 23.3 Å². The van der Waals surface area contributed by atoms with Gasteiger partial charge >= 0.3 is 0 Å². The van der Waals surface area contributed by atoms with E-state index in [9.17, 15) is 9.59 Å². The predicted molar refractivity (Wildman–Crippen MR) is 107 cm³/mol. The van der Waals surface area contributed by atoms with Crippen molar-refractivity contribution in [1.82, 2.24) is 4.90 Å². The van der Waals surface area contributed by atoms with Gasteiger partial charge in [0.1, 0.15) is 0 Å². The molecule has 2 amide bonds. The van der Waals surface area contributed by atoms with E-state index in [4.69, 9.17) is 0 Å². The third kappa shape index (κ3) is 4.52. The standard InChI is InChI=1S/C21H23BrN2O2/c1-14(2)16-5-3-15(4-6-16)12-24-13-17(11-20(24)25)21(26)23-19-9-7-18(22)8-10-19/h3-10,14,17H,11-13H2,1-2H3,(H,23,26)/t17-/m1/s1. The maximum Gasteiger partial charge on any atom is 0.229 e. The molecule has 0 radical (unpaired) electrons. The third-order valence-electron chi connectivity index (χ3n) is 4.72. The smallest absolute Gasteiger partial charge is 0.229 e. The molecule has 0 bridgehead atoms. The van der Waals surface area contributed by atoms with Gasteiger partial charge < -0.3 is 10.2 Å². The Morgan fingerprint density at radius 3 is 2.42 bits per heavy atom. The van der Waals surface area contributed by atoms with Crippen molar-refractivity contribution in [2.45, 2.75) is 32.7 Å². The number of halogens is 1. The molecule has 136 valence electrons. The second-order valence-electron chi connectivity index (χ2n) is 7.07. The van der Waals surface area contributed by atoms with Crippen LogP contribution in [0.1, 0.15) is 37.3 Å². The molecular weight excluding hydrogens is 392 g/mol. The fraction of sp³-hybridized carbons (Fsp3) is 0.333. The minimum Gasteiger partial charge on any atom is -0.338 e. The molecule has 5 heteroatoms. The first kappa shape index (κ1) is 18.6. The largest absolute Gasteiger partial charge is 0.338 e. The molecule has 0 spiro atoms. The van der Waals surface area contributed by atoms with Gasteiger partial charge in [-0.25, -0.2) is 0 Å². The van der Waals surface area contributed by atoms with E-state index < -0.39 is 0 Å². The lowest BCUT2D eigenvalue weighted by atomic mass is 10.0. The molecule has 1 fully saturated rings. The van der Waals surface area contributed by atoms with Crippen LogP contribution in [0.2, 0.25) is 0 Å². The first-order chi connectivity index (χ1) is 12.4. The van der Waals surface area contributed by atoms with E-state index >= 15 is 0 Å². The van der Waals surface area contributed by atoms with E-state index in [0.29, 0.717) is 19.0 Å². The van der Waals surface area contributed by atoms with Gasteiger partial charge in [0.15, 0.2) is 0 Å². The highest BCUT2D eigenvalue weighted by Crippen LogP contribution is 2.23. The summed E-state index contributed by atoms with van der Waals surface area (Å²) in [6.07, 6.45) is 0.270. The average molecular weight is 415 g/mol. The first-order valence-corrected chi connectivity index (χ1v) is 9.64. The number of hydrogen-bond donors (Lipinski definition) is 1. The maximum atomic E-state index is 12.5. The van der Waals surface area contributed by atoms with Gasteiger partial charge in [-0.05, 0) is 41.3 Å². The summed E-state index contributed by atoms with van der Waals surface area (Å²) < 4.78 is 0.959. The van der Waals surface area contributed by atoms with E-state index in [1.165, 1.54) is 5.56 Å². The van der Waals surface area contributed by atoms with E-state index in [1.807, 2.05) is 24.3 Å². The number of hydrogen-bond acceptors (Lipinski definition) is 2. The lowest BCUT2D eigenvalue weighted by molar-refractivity contribution is -0.128. The Morgan fingerprint density at radius 1 is 1.15 bits per heavy atom. The first-order valence-electron chi connectivity index (χ1n) is 8.85. The molecule has 0 aromatic heterocycles. The van der Waals surface area contributed by atoms with E-state index in [-0.39, 0.29) is 24.2 Å². The predicted octanol–water partition coefficient (Wildman–Crippen LogP) is 4.56. The Morgan fingerprint density at radius 2 is 1.81 bits per heavy atom. The van der Waals surface area contributed by atoms with Gasteiger partial charge in [0.25, 0.3) is 0 Å². The lowest BCUT2D eigenvalue weighted by Gasteiger charge is -2.17. The van der Waals surface area contributed by atoms with Gasteiger partial charge in [-0.3, -0.25) is 9.59 Å². The molecule has 0 saturated carbocycles. The molecule has 2 aromatic rings. The van der Waals surface area contributed by atoms with Crippen molar-refractivity contribution in [3.63, 3.8) is 0 Å². The van der Waals surface area contributed by atoms with Gasteiger partial charge in [-0.2, -0.15) is 0 Å². The minimum atomic E-state index is -0.305. The summed E-state index contributed by atoms with van der Waals surface area (Å²) >= 11 is 3.37. The zero-order chi connectivity index (χ0) is 18.7. The molecule has 1 N–H and O–H groups in total. The summed E-state index contributed by atoms with van der Waals surface area (Å²) in [5, 5.41) is 2.90. The second kappa shape index (κ2) is 8.04. The Bertz CT molecular complexity index is 785. The number of carbonyl (C=O) groups excluding carboxylic acids is 2. The van der Waals surface area contributed by atoms with Crippen LogP contribution >= 0.6 is 15.9 Å². The summed E-state index contributed by atoms with van der Waals surface area (Å²) in [6, 6.07) is 15.8. The Balaban J connectivity index is 1.59. The molecule has 3 rings (SSSR count). The van der Waals surface area contributed by atoms with Crippen LogP contribution < -0.4 is 5.32 Å². The number of likely N-dealkylation sites (tertiary alicyclic amines) is 1. The molecule has 2 aromatic carbocycles. The van der Waals surface area contributed by atoms with Crippen LogP contribution in [-0.2, 0) is 16.1 Å². The van der Waals surface area contributed by atoms with Gasteiger partial charge in [0.2, 0.25) is 11.8 Å². The number of nitrogens with zero attached hydrogens (tertiary/aromatic N) is 1. The summed E-state index contributed by atoms with van der Waals surface area (Å²) in [5.41, 5.74) is 3.12. The van der Waals surface area contributed by atoms with Crippen molar-refractivity contribution in [3.8, 4) is 0 Å². The highest BCUT2D eigenvalue weighted by molar-refractivity contribution is 9.10. The number of rotatable bonds is 5. The molecular formula is C21H23BrN2O2. The topological polar surface area (TPSA) is 49.4 Å². The van der Waals surface area contributed by atoms with Crippen molar-refractivity contribution in [3.05, 3.63) is 64.1 Å². The number of anilines is 1. The summed E-state index contributed by atoms with van der Waals surface area (Å²) in [6.45, 7) is 5.34. The molecule has 0 aliphatic carbocycles. The van der Waals surface area contributed by atoms with Crippen molar-refractivity contribution < 1.29 is 9.59 Å².